The molecule has 7 heteroatoms. The number of nitrogens with one attached hydrogen (secondary N) is 1. The predicted molar refractivity (Wildman–Crippen MR) is 97.9 cm³/mol. The van der Waals surface area contributed by atoms with Gasteiger partial charge >= 0.3 is 0 Å². The van der Waals surface area contributed by atoms with E-state index in [1.165, 1.54) is 0 Å². The van der Waals surface area contributed by atoms with Crippen molar-refractivity contribution >= 4 is 17.5 Å². The van der Waals surface area contributed by atoms with Crippen molar-refractivity contribution in [2.24, 2.45) is 0 Å². The van der Waals surface area contributed by atoms with E-state index in [0.29, 0.717) is 22.5 Å². The standard InChI is InChI=1S/C19H18ClN3O3/c1-12-6-8-14(9-7-12)19-22-17(23-26-19)11-21-18(24)13(2)25-16-5-3-4-15(20)10-16/h3-10,13H,11H2,1-2H3,(H,21,24). The molecule has 134 valence electrons. The lowest BCUT2D eigenvalue weighted by Crippen LogP contribution is -2.36. The molecule has 26 heavy (non-hydrogen) atoms. The fraction of sp³-hybridized carbons (Fsp3) is 0.211. The average molecular weight is 372 g/mol. The van der Waals surface area contributed by atoms with Crippen LogP contribution in [0.3, 0.4) is 0 Å². The summed E-state index contributed by atoms with van der Waals surface area (Å²) in [6.45, 7) is 3.81. The van der Waals surface area contributed by atoms with Crippen LogP contribution >= 0.6 is 11.6 Å². The first-order chi connectivity index (χ1) is 12.5. The second kappa shape index (κ2) is 8.01. The van der Waals surface area contributed by atoms with Crippen molar-refractivity contribution in [3.8, 4) is 17.2 Å². The minimum atomic E-state index is -0.683. The Bertz CT molecular complexity index is 893. The van der Waals surface area contributed by atoms with Crippen LogP contribution in [0.25, 0.3) is 11.5 Å². The molecule has 1 unspecified atom stereocenters. The molecule has 0 bridgehead atoms. The highest BCUT2D eigenvalue weighted by molar-refractivity contribution is 6.30. The molecular weight excluding hydrogens is 354 g/mol. The summed E-state index contributed by atoms with van der Waals surface area (Å²) < 4.78 is 10.8. The number of aryl methyl sites for hydroxylation is 1. The Kier molecular flexibility index (Phi) is 5.53. The van der Waals surface area contributed by atoms with Gasteiger partial charge in [-0.05, 0) is 44.2 Å². The monoisotopic (exact) mass is 371 g/mol. The molecule has 1 heterocycles. The highest BCUT2D eigenvalue weighted by Gasteiger charge is 2.16. The lowest BCUT2D eigenvalue weighted by Gasteiger charge is -2.14. The zero-order chi connectivity index (χ0) is 18.5. The van der Waals surface area contributed by atoms with Crippen molar-refractivity contribution in [3.05, 3.63) is 64.9 Å². The van der Waals surface area contributed by atoms with Gasteiger partial charge in [-0.25, -0.2) is 0 Å². The fourth-order valence-electron chi connectivity index (χ4n) is 2.25. The Hall–Kier alpha value is -2.86. The third-order valence-corrected chi connectivity index (χ3v) is 3.90. The second-order valence-electron chi connectivity index (χ2n) is 5.82. The molecule has 0 aliphatic rings. The van der Waals surface area contributed by atoms with Gasteiger partial charge in [-0.15, -0.1) is 0 Å². The molecule has 0 radical (unpaired) electrons. The SMILES string of the molecule is Cc1ccc(-c2nc(CNC(=O)C(C)Oc3cccc(Cl)c3)no2)cc1. The number of carbonyl (C=O) groups is 1. The van der Waals surface area contributed by atoms with E-state index < -0.39 is 6.10 Å². The molecule has 0 aliphatic heterocycles. The minimum absolute atomic E-state index is 0.150. The number of aromatic nitrogens is 2. The van der Waals surface area contributed by atoms with E-state index in [4.69, 9.17) is 20.9 Å². The van der Waals surface area contributed by atoms with Crippen LogP contribution in [0.15, 0.2) is 53.1 Å². The number of benzene rings is 2. The third-order valence-electron chi connectivity index (χ3n) is 3.67. The number of rotatable bonds is 6. The number of carbonyl (C=O) groups excluding carboxylic acids is 1. The first kappa shape index (κ1) is 17.9. The van der Waals surface area contributed by atoms with E-state index in [-0.39, 0.29) is 12.5 Å². The summed E-state index contributed by atoms with van der Waals surface area (Å²) in [4.78, 5) is 16.5. The van der Waals surface area contributed by atoms with E-state index in [2.05, 4.69) is 15.5 Å². The van der Waals surface area contributed by atoms with Gasteiger partial charge in [-0.1, -0.05) is 40.5 Å². The lowest BCUT2D eigenvalue weighted by atomic mass is 10.1. The molecule has 6 nitrogen and oxygen atoms in total. The van der Waals surface area contributed by atoms with Gasteiger partial charge in [0.1, 0.15) is 5.75 Å². The quantitative estimate of drug-likeness (QED) is 0.713. The number of hydrogen-bond acceptors (Lipinski definition) is 5. The maximum absolute atomic E-state index is 12.2. The molecule has 0 fully saturated rings. The van der Waals surface area contributed by atoms with Gasteiger partial charge in [0.2, 0.25) is 0 Å². The number of hydrogen-bond donors (Lipinski definition) is 1. The van der Waals surface area contributed by atoms with E-state index in [1.54, 1.807) is 31.2 Å². The van der Waals surface area contributed by atoms with Gasteiger partial charge in [-0.3, -0.25) is 4.79 Å². The number of amides is 1. The van der Waals surface area contributed by atoms with E-state index in [1.807, 2.05) is 31.2 Å². The Labute approximate surface area is 156 Å². The van der Waals surface area contributed by atoms with Gasteiger partial charge in [0.05, 0.1) is 6.54 Å². The number of halogens is 1. The van der Waals surface area contributed by atoms with Crippen molar-refractivity contribution in [2.75, 3.05) is 0 Å². The molecule has 2 aromatic carbocycles. The van der Waals surface area contributed by atoms with E-state index in [9.17, 15) is 4.79 Å². The molecule has 3 aromatic rings. The maximum Gasteiger partial charge on any atom is 0.261 e. The maximum atomic E-state index is 12.2. The van der Waals surface area contributed by atoms with Gasteiger partial charge in [0, 0.05) is 10.6 Å². The smallest absolute Gasteiger partial charge is 0.261 e. The van der Waals surface area contributed by atoms with Crippen molar-refractivity contribution in [1.29, 1.82) is 0 Å². The summed E-state index contributed by atoms with van der Waals surface area (Å²) in [6.07, 6.45) is -0.683. The molecular formula is C19H18ClN3O3. The van der Waals surface area contributed by atoms with Crippen molar-refractivity contribution in [1.82, 2.24) is 15.5 Å². The lowest BCUT2D eigenvalue weighted by molar-refractivity contribution is -0.127. The Morgan fingerprint density at radius 3 is 2.77 bits per heavy atom. The molecule has 0 saturated heterocycles. The van der Waals surface area contributed by atoms with Gasteiger partial charge in [0.25, 0.3) is 11.8 Å². The average Bonchev–Trinajstić information content (AvgIpc) is 3.09. The zero-order valence-electron chi connectivity index (χ0n) is 14.4. The number of ether oxygens (including phenoxy) is 1. The first-order valence-corrected chi connectivity index (χ1v) is 8.48. The van der Waals surface area contributed by atoms with E-state index >= 15 is 0 Å². The largest absolute Gasteiger partial charge is 0.481 e. The summed E-state index contributed by atoms with van der Waals surface area (Å²) in [5.74, 6) is 1.05. The molecule has 1 N–H and O–H groups in total. The van der Waals surface area contributed by atoms with Crippen LogP contribution in [0.5, 0.6) is 5.75 Å². The molecule has 0 spiro atoms. The highest BCUT2D eigenvalue weighted by Crippen LogP contribution is 2.19. The van der Waals surface area contributed by atoms with Crippen LogP contribution in [0, 0.1) is 6.92 Å². The van der Waals surface area contributed by atoms with Crippen LogP contribution in [0.2, 0.25) is 5.02 Å². The Balaban J connectivity index is 1.55. The normalized spacial score (nSPS) is 11.8. The van der Waals surface area contributed by atoms with Gasteiger partial charge in [0.15, 0.2) is 11.9 Å². The molecule has 1 atom stereocenters. The summed E-state index contributed by atoms with van der Waals surface area (Å²) in [7, 11) is 0. The molecule has 0 aliphatic carbocycles. The van der Waals surface area contributed by atoms with Gasteiger partial charge in [-0.2, -0.15) is 4.98 Å². The van der Waals surface area contributed by atoms with Crippen molar-refractivity contribution < 1.29 is 14.1 Å². The van der Waals surface area contributed by atoms with Crippen LogP contribution in [-0.4, -0.2) is 22.2 Å². The van der Waals surface area contributed by atoms with Crippen LogP contribution < -0.4 is 10.1 Å². The van der Waals surface area contributed by atoms with E-state index in [0.717, 1.165) is 11.1 Å². The summed E-state index contributed by atoms with van der Waals surface area (Å²) in [5, 5.41) is 7.16. The van der Waals surface area contributed by atoms with Gasteiger partial charge < -0.3 is 14.6 Å². The molecule has 1 aromatic heterocycles. The Morgan fingerprint density at radius 1 is 1.27 bits per heavy atom. The molecule has 3 rings (SSSR count). The number of nitrogens with zero attached hydrogens (tertiary/aromatic N) is 2. The summed E-state index contributed by atoms with van der Waals surface area (Å²) in [6, 6.07) is 14.6. The highest BCUT2D eigenvalue weighted by atomic mass is 35.5. The summed E-state index contributed by atoms with van der Waals surface area (Å²) in [5.41, 5.74) is 1.98. The fourth-order valence-corrected chi connectivity index (χ4v) is 2.43. The van der Waals surface area contributed by atoms with Crippen LogP contribution in [-0.2, 0) is 11.3 Å². The van der Waals surface area contributed by atoms with Crippen LogP contribution in [0.4, 0.5) is 0 Å². The summed E-state index contributed by atoms with van der Waals surface area (Å²) >= 11 is 5.90. The van der Waals surface area contributed by atoms with Crippen molar-refractivity contribution in [3.63, 3.8) is 0 Å². The second-order valence-corrected chi connectivity index (χ2v) is 6.25. The first-order valence-electron chi connectivity index (χ1n) is 8.11. The third kappa shape index (κ3) is 4.61. The Morgan fingerprint density at radius 2 is 2.04 bits per heavy atom. The zero-order valence-corrected chi connectivity index (χ0v) is 15.2. The molecule has 1 amide bonds. The minimum Gasteiger partial charge on any atom is -0.481 e. The predicted octanol–water partition coefficient (Wildman–Crippen LogP) is 3.78. The van der Waals surface area contributed by atoms with Crippen molar-refractivity contribution in [2.45, 2.75) is 26.5 Å². The van der Waals surface area contributed by atoms with Crippen LogP contribution in [0.1, 0.15) is 18.3 Å². The molecule has 0 saturated carbocycles. The topological polar surface area (TPSA) is 77.2 Å².